The molecule has 1 radical (unpaired) electrons. The molecule has 2 rings (SSSR count). The largest absolute Gasteiger partial charge is 0.467 e. The molecule has 0 spiro atoms. The second-order valence-electron chi connectivity index (χ2n) is 5.29. The van der Waals surface area contributed by atoms with Crippen LogP contribution in [0.25, 0.3) is 0 Å². The average molecular weight is 334 g/mol. The first kappa shape index (κ1) is 16.8. The summed E-state index contributed by atoms with van der Waals surface area (Å²) in [6, 6.07) is 10.5. The summed E-state index contributed by atoms with van der Waals surface area (Å²) >= 11 is 0. The fourth-order valence-electron chi connectivity index (χ4n) is 2.54. The Balaban J connectivity index is 0.00000180. The summed E-state index contributed by atoms with van der Waals surface area (Å²) < 4.78 is 5.39. The van der Waals surface area contributed by atoms with Gasteiger partial charge in [-0.1, -0.05) is 43.2 Å². The van der Waals surface area contributed by atoms with Crippen molar-refractivity contribution >= 4 is 5.97 Å². The maximum absolute atomic E-state index is 11.4. The van der Waals surface area contributed by atoms with E-state index in [1.807, 2.05) is 19.4 Å². The molecule has 0 saturated heterocycles. The molecule has 0 amide bonds. The van der Waals surface area contributed by atoms with Gasteiger partial charge in [-0.15, -0.1) is 0 Å². The monoisotopic (exact) mass is 334 g/mol. The van der Waals surface area contributed by atoms with Crippen LogP contribution in [0.15, 0.2) is 30.3 Å². The van der Waals surface area contributed by atoms with Crippen molar-refractivity contribution in [3.63, 3.8) is 0 Å². The summed E-state index contributed by atoms with van der Waals surface area (Å²) in [5.74, 6) is -0.100. The molecule has 0 atom stereocenters. The number of esters is 1. The van der Waals surface area contributed by atoms with E-state index in [-0.39, 0.29) is 44.1 Å². The van der Waals surface area contributed by atoms with E-state index in [0.717, 1.165) is 6.42 Å². The first-order chi connectivity index (χ1) is 8.74. The van der Waals surface area contributed by atoms with Crippen molar-refractivity contribution in [2.45, 2.75) is 39.0 Å². The van der Waals surface area contributed by atoms with Crippen molar-refractivity contribution in [1.82, 2.24) is 0 Å². The van der Waals surface area contributed by atoms with Gasteiger partial charge in [0.25, 0.3) is 5.97 Å². The third kappa shape index (κ3) is 5.00. The minimum absolute atomic E-state index is 0. The van der Waals surface area contributed by atoms with Gasteiger partial charge in [0, 0.05) is 38.1 Å². The number of rotatable bonds is 6. The van der Waals surface area contributed by atoms with E-state index in [4.69, 9.17) is 4.74 Å². The van der Waals surface area contributed by atoms with Crippen LogP contribution in [0.3, 0.4) is 0 Å². The number of hydrogen-bond acceptors (Lipinski definition) is 2. The molecule has 0 aliphatic heterocycles. The molecule has 1 aliphatic carbocycles. The number of carbonyl (C=O) groups is 1. The van der Waals surface area contributed by atoms with E-state index in [9.17, 15) is 4.79 Å². The Morgan fingerprint density at radius 1 is 1.32 bits per heavy atom. The van der Waals surface area contributed by atoms with Crippen molar-refractivity contribution in [2.24, 2.45) is 5.41 Å². The second-order valence-corrected chi connectivity index (χ2v) is 5.29. The number of benzene rings is 1. The van der Waals surface area contributed by atoms with Crippen LogP contribution in [0.2, 0.25) is 0 Å². The predicted octanol–water partition coefficient (Wildman–Crippen LogP) is 3.55. The van der Waals surface area contributed by atoms with E-state index in [0.29, 0.717) is 13.0 Å². The maximum atomic E-state index is 11.4. The molecule has 0 unspecified atom stereocenters. The zero-order valence-corrected chi connectivity index (χ0v) is 14.4. The SMILES string of the molecule is C[CH-]CC(=O)OCC1(Cc2ccccc2)CCC1.[Y]. The Hall–Kier alpha value is -0.206. The van der Waals surface area contributed by atoms with Gasteiger partial charge in [0.05, 0.1) is 6.61 Å². The Morgan fingerprint density at radius 2 is 2.00 bits per heavy atom. The first-order valence-corrected chi connectivity index (χ1v) is 6.71. The van der Waals surface area contributed by atoms with E-state index in [2.05, 4.69) is 24.3 Å². The molecule has 0 heterocycles. The van der Waals surface area contributed by atoms with Gasteiger partial charge in [-0.05, 0) is 24.8 Å². The number of carbonyl (C=O) groups excluding carboxylic acids is 1. The van der Waals surface area contributed by atoms with Crippen LogP contribution in [0.1, 0.15) is 38.2 Å². The van der Waals surface area contributed by atoms with Crippen LogP contribution < -0.4 is 0 Å². The Kier molecular flexibility index (Phi) is 7.24. The van der Waals surface area contributed by atoms with Crippen LogP contribution in [-0.2, 0) is 48.7 Å². The fourth-order valence-corrected chi connectivity index (χ4v) is 2.54. The molecule has 1 saturated carbocycles. The summed E-state index contributed by atoms with van der Waals surface area (Å²) in [6.07, 6.45) is 6.88. The summed E-state index contributed by atoms with van der Waals surface area (Å²) in [4.78, 5) is 11.4. The number of ether oxygens (including phenoxy) is 1. The standard InChI is InChI=1S/C16H21O2.Y/c1-2-7-15(17)18-13-16(10-6-11-16)12-14-8-4-3-5-9-14;/h2-5,8-9H,6-7,10-13H2,1H3;/q-1;. The smallest absolute Gasteiger partial charge is 0.275 e. The fraction of sp³-hybridized carbons (Fsp3) is 0.500. The summed E-state index contributed by atoms with van der Waals surface area (Å²) in [7, 11) is 0. The first-order valence-electron chi connectivity index (χ1n) is 6.71. The molecular formula is C16H21O2Y-. The van der Waals surface area contributed by atoms with Crippen molar-refractivity contribution in [1.29, 1.82) is 0 Å². The van der Waals surface area contributed by atoms with Gasteiger partial charge in [-0.3, -0.25) is 4.79 Å². The zero-order chi connectivity index (χ0) is 12.8. The van der Waals surface area contributed by atoms with E-state index in [1.54, 1.807) is 0 Å². The summed E-state index contributed by atoms with van der Waals surface area (Å²) in [5.41, 5.74) is 1.54. The van der Waals surface area contributed by atoms with Crippen LogP contribution in [0, 0.1) is 11.8 Å². The summed E-state index contributed by atoms with van der Waals surface area (Å²) in [6.45, 7) is 2.46. The average Bonchev–Trinajstić information content (AvgIpc) is 2.34. The van der Waals surface area contributed by atoms with Gasteiger partial charge >= 0.3 is 0 Å². The van der Waals surface area contributed by atoms with Crippen molar-refractivity contribution < 1.29 is 42.2 Å². The summed E-state index contributed by atoms with van der Waals surface area (Å²) in [5, 5.41) is 0. The van der Waals surface area contributed by atoms with Gasteiger partial charge in [-0.2, -0.15) is 6.92 Å². The zero-order valence-electron chi connectivity index (χ0n) is 11.6. The van der Waals surface area contributed by atoms with Gasteiger partial charge in [0.1, 0.15) is 0 Å². The van der Waals surface area contributed by atoms with Crippen LogP contribution in [-0.4, -0.2) is 12.6 Å². The molecule has 1 fully saturated rings. The molecule has 19 heavy (non-hydrogen) atoms. The molecule has 0 bridgehead atoms. The molecule has 0 N–H and O–H groups in total. The molecule has 101 valence electrons. The minimum atomic E-state index is -0.100. The van der Waals surface area contributed by atoms with Gasteiger partial charge in [0.15, 0.2) is 0 Å². The maximum Gasteiger partial charge on any atom is 0.275 e. The topological polar surface area (TPSA) is 26.3 Å². The Morgan fingerprint density at radius 3 is 2.53 bits per heavy atom. The van der Waals surface area contributed by atoms with Crippen molar-refractivity contribution in [2.75, 3.05) is 6.61 Å². The van der Waals surface area contributed by atoms with Gasteiger partial charge in [0.2, 0.25) is 0 Å². The van der Waals surface area contributed by atoms with Crippen molar-refractivity contribution in [3.8, 4) is 0 Å². The van der Waals surface area contributed by atoms with Crippen LogP contribution in [0.4, 0.5) is 0 Å². The second kappa shape index (κ2) is 8.16. The van der Waals surface area contributed by atoms with E-state index >= 15 is 0 Å². The van der Waals surface area contributed by atoms with E-state index < -0.39 is 0 Å². The molecule has 2 nitrogen and oxygen atoms in total. The van der Waals surface area contributed by atoms with Gasteiger partial charge < -0.3 is 11.2 Å². The van der Waals surface area contributed by atoms with E-state index in [1.165, 1.54) is 24.8 Å². The molecule has 1 aromatic carbocycles. The van der Waals surface area contributed by atoms with Crippen LogP contribution >= 0.6 is 0 Å². The minimum Gasteiger partial charge on any atom is -0.467 e. The molecule has 3 heteroatoms. The third-order valence-corrected chi connectivity index (χ3v) is 3.75. The van der Waals surface area contributed by atoms with Crippen molar-refractivity contribution in [3.05, 3.63) is 42.3 Å². The Labute approximate surface area is 141 Å². The molecule has 1 aliphatic rings. The third-order valence-electron chi connectivity index (χ3n) is 3.75. The predicted molar refractivity (Wildman–Crippen MR) is 72.0 cm³/mol. The molecular weight excluding hydrogens is 313 g/mol. The molecule has 0 aromatic heterocycles. The Bertz CT molecular complexity index is 385. The normalized spacial score (nSPS) is 16.1. The van der Waals surface area contributed by atoms with Gasteiger partial charge in [-0.25, -0.2) is 0 Å². The molecule has 1 aromatic rings. The van der Waals surface area contributed by atoms with Crippen LogP contribution in [0.5, 0.6) is 0 Å². The quantitative estimate of drug-likeness (QED) is 0.587. The number of hydrogen-bond donors (Lipinski definition) is 0.